The Morgan fingerprint density at radius 1 is 1.54 bits per heavy atom. The molecule has 0 spiro atoms. The Bertz CT molecular complexity index is 351. The van der Waals surface area contributed by atoms with E-state index in [2.05, 4.69) is 5.32 Å². The number of rotatable bonds is 2. The Morgan fingerprint density at radius 3 is 2.77 bits per heavy atom. The molecule has 0 saturated heterocycles. The zero-order valence-electron chi connectivity index (χ0n) is 6.45. The first kappa shape index (κ1) is 9.97. The predicted molar refractivity (Wildman–Crippen MR) is 56.5 cm³/mol. The van der Waals surface area contributed by atoms with Crippen LogP contribution < -0.4 is 5.32 Å². The fourth-order valence-electron chi connectivity index (χ4n) is 0.892. The van der Waals surface area contributed by atoms with Crippen LogP contribution in [0.2, 0.25) is 0 Å². The molecule has 1 aromatic carbocycles. The Labute approximate surface area is 88.1 Å². The van der Waals surface area contributed by atoms with Crippen molar-refractivity contribution in [1.82, 2.24) is 0 Å². The molecule has 0 bridgehead atoms. The van der Waals surface area contributed by atoms with Gasteiger partial charge < -0.3 is 10.4 Å². The molecule has 0 radical (unpaired) electrons. The molecular weight excluding hydrogens is 285 g/mol. The average molecular weight is 291 g/mol. The highest BCUT2D eigenvalue weighted by atomic mass is 127. The van der Waals surface area contributed by atoms with E-state index >= 15 is 0 Å². The fraction of sp³-hybridized carbons (Fsp3) is 0. The molecule has 1 aromatic rings. The quantitative estimate of drug-likeness (QED) is 0.380. The second-order valence-electron chi connectivity index (χ2n) is 2.25. The summed E-state index contributed by atoms with van der Waals surface area (Å²) in [6, 6.07) is 4.47. The summed E-state index contributed by atoms with van der Waals surface area (Å²) in [6.07, 6.45) is 0.497. The SMILES string of the molecule is O=Cc1c(O)cccc1NC(=O)I. The highest BCUT2D eigenvalue weighted by molar-refractivity contribution is 14.1. The van der Waals surface area contributed by atoms with Crippen LogP contribution in [0.4, 0.5) is 10.5 Å². The number of aldehydes is 1. The van der Waals surface area contributed by atoms with Crippen molar-refractivity contribution < 1.29 is 14.7 Å². The number of nitrogens with one attached hydrogen (secondary N) is 1. The molecule has 0 atom stereocenters. The zero-order chi connectivity index (χ0) is 9.84. The number of aromatic hydroxyl groups is 1. The first-order valence-electron chi connectivity index (χ1n) is 3.39. The fourth-order valence-corrected chi connectivity index (χ4v) is 1.18. The third kappa shape index (κ3) is 2.41. The molecule has 1 rings (SSSR count). The summed E-state index contributed by atoms with van der Waals surface area (Å²) < 4.78 is -0.314. The number of benzene rings is 1. The van der Waals surface area contributed by atoms with E-state index in [1.165, 1.54) is 6.07 Å². The van der Waals surface area contributed by atoms with Gasteiger partial charge in [0, 0.05) is 22.6 Å². The van der Waals surface area contributed by atoms with Crippen molar-refractivity contribution in [2.75, 3.05) is 5.32 Å². The molecule has 13 heavy (non-hydrogen) atoms. The lowest BCUT2D eigenvalue weighted by Crippen LogP contribution is -2.03. The highest BCUT2D eigenvalue weighted by Crippen LogP contribution is 2.23. The molecular formula is C8H6INO3. The molecule has 68 valence electrons. The normalized spacial score (nSPS) is 9.31. The summed E-state index contributed by atoms with van der Waals surface area (Å²) in [4.78, 5) is 21.2. The van der Waals surface area contributed by atoms with Gasteiger partial charge in [-0.25, -0.2) is 0 Å². The van der Waals surface area contributed by atoms with Gasteiger partial charge in [0.25, 0.3) is 3.91 Å². The number of phenols is 1. The summed E-state index contributed by atoms with van der Waals surface area (Å²) in [6.45, 7) is 0. The molecule has 0 fully saturated rings. The number of hydrogen-bond donors (Lipinski definition) is 2. The van der Waals surface area contributed by atoms with Crippen molar-refractivity contribution in [2.24, 2.45) is 0 Å². The second kappa shape index (κ2) is 4.22. The zero-order valence-corrected chi connectivity index (χ0v) is 8.61. The van der Waals surface area contributed by atoms with Crippen LogP contribution in [-0.2, 0) is 0 Å². The van der Waals surface area contributed by atoms with Gasteiger partial charge in [0.05, 0.1) is 11.3 Å². The van der Waals surface area contributed by atoms with Gasteiger partial charge in [0.15, 0.2) is 6.29 Å². The lowest BCUT2D eigenvalue weighted by Gasteiger charge is -2.04. The van der Waals surface area contributed by atoms with E-state index in [1.54, 1.807) is 34.7 Å². The Balaban J connectivity index is 3.12. The molecule has 5 heteroatoms. The molecule has 1 amide bonds. The van der Waals surface area contributed by atoms with E-state index in [0.717, 1.165) is 0 Å². The smallest absolute Gasteiger partial charge is 0.285 e. The number of carbonyl (C=O) groups excluding carboxylic acids is 2. The van der Waals surface area contributed by atoms with Crippen molar-refractivity contribution in [1.29, 1.82) is 0 Å². The third-order valence-electron chi connectivity index (χ3n) is 1.43. The van der Waals surface area contributed by atoms with E-state index in [1.807, 2.05) is 0 Å². The summed E-state index contributed by atoms with van der Waals surface area (Å²) in [5.41, 5.74) is 0.405. The lowest BCUT2D eigenvalue weighted by molar-refractivity contribution is 0.112. The Morgan fingerprint density at radius 2 is 2.23 bits per heavy atom. The first-order chi connectivity index (χ1) is 6.15. The molecule has 0 aliphatic rings. The number of halogens is 1. The van der Waals surface area contributed by atoms with Crippen LogP contribution >= 0.6 is 22.6 Å². The molecule has 4 nitrogen and oxygen atoms in total. The van der Waals surface area contributed by atoms with E-state index in [-0.39, 0.29) is 15.2 Å². The van der Waals surface area contributed by atoms with Crippen molar-refractivity contribution in [3.8, 4) is 5.75 Å². The van der Waals surface area contributed by atoms with Crippen LogP contribution in [0.1, 0.15) is 10.4 Å². The molecule has 2 N–H and O–H groups in total. The van der Waals surface area contributed by atoms with Crippen molar-refractivity contribution in [2.45, 2.75) is 0 Å². The van der Waals surface area contributed by atoms with Gasteiger partial charge in [-0.05, 0) is 12.1 Å². The number of carbonyl (C=O) groups is 2. The maximum absolute atomic E-state index is 10.7. The van der Waals surface area contributed by atoms with Gasteiger partial charge in [-0.15, -0.1) is 0 Å². The highest BCUT2D eigenvalue weighted by Gasteiger charge is 2.07. The molecule has 0 aromatic heterocycles. The number of hydrogen-bond acceptors (Lipinski definition) is 3. The summed E-state index contributed by atoms with van der Waals surface area (Å²) in [5.74, 6) is -0.141. The van der Waals surface area contributed by atoms with Crippen molar-refractivity contribution >= 4 is 38.5 Å². The van der Waals surface area contributed by atoms with Crippen LogP contribution in [0.3, 0.4) is 0 Å². The van der Waals surface area contributed by atoms with Crippen LogP contribution in [0.15, 0.2) is 18.2 Å². The monoisotopic (exact) mass is 291 g/mol. The molecule has 0 aliphatic carbocycles. The maximum atomic E-state index is 10.7. The van der Waals surface area contributed by atoms with Crippen LogP contribution in [0.5, 0.6) is 5.75 Å². The number of phenolic OH excluding ortho intramolecular Hbond substituents is 1. The van der Waals surface area contributed by atoms with Crippen LogP contribution in [0.25, 0.3) is 0 Å². The predicted octanol–water partition coefficient (Wildman–Crippen LogP) is 2.17. The van der Waals surface area contributed by atoms with Gasteiger partial charge >= 0.3 is 0 Å². The van der Waals surface area contributed by atoms with Gasteiger partial charge in [-0.2, -0.15) is 0 Å². The molecule has 0 aliphatic heterocycles. The Hall–Kier alpha value is -1.11. The third-order valence-corrected chi connectivity index (χ3v) is 1.70. The minimum Gasteiger partial charge on any atom is -0.507 e. The van der Waals surface area contributed by atoms with E-state index in [9.17, 15) is 14.7 Å². The molecule has 0 unspecified atom stereocenters. The van der Waals surface area contributed by atoms with E-state index in [0.29, 0.717) is 12.0 Å². The van der Waals surface area contributed by atoms with E-state index in [4.69, 9.17) is 0 Å². The number of amides is 1. The minimum atomic E-state index is -0.314. The van der Waals surface area contributed by atoms with Crippen LogP contribution in [0, 0.1) is 0 Å². The van der Waals surface area contributed by atoms with E-state index < -0.39 is 0 Å². The average Bonchev–Trinajstić information content (AvgIpc) is 2.03. The standard InChI is InChI=1S/C8H6INO3/c9-8(13)10-6-2-1-3-7(12)5(6)4-11/h1-4,12H,(H,10,13). The summed E-state index contributed by atoms with van der Waals surface area (Å²) >= 11 is 1.54. The molecule has 0 saturated carbocycles. The molecule has 0 heterocycles. The van der Waals surface area contributed by atoms with Gasteiger partial charge in [-0.1, -0.05) is 6.07 Å². The second-order valence-corrected chi connectivity index (χ2v) is 3.23. The Kier molecular flexibility index (Phi) is 3.24. The summed E-state index contributed by atoms with van der Waals surface area (Å²) in [7, 11) is 0. The van der Waals surface area contributed by atoms with Crippen molar-refractivity contribution in [3.05, 3.63) is 23.8 Å². The topological polar surface area (TPSA) is 66.4 Å². The number of anilines is 1. The first-order valence-corrected chi connectivity index (χ1v) is 4.46. The van der Waals surface area contributed by atoms with Crippen LogP contribution in [-0.4, -0.2) is 15.3 Å². The largest absolute Gasteiger partial charge is 0.507 e. The lowest BCUT2D eigenvalue weighted by atomic mass is 10.2. The minimum absolute atomic E-state index is 0.0903. The summed E-state index contributed by atoms with van der Waals surface area (Å²) in [5, 5.41) is 11.6. The van der Waals surface area contributed by atoms with Crippen molar-refractivity contribution in [3.63, 3.8) is 0 Å². The van der Waals surface area contributed by atoms with Gasteiger partial charge in [0.2, 0.25) is 0 Å². The maximum Gasteiger partial charge on any atom is 0.285 e. The van der Waals surface area contributed by atoms with Gasteiger partial charge in [0.1, 0.15) is 5.75 Å². The van der Waals surface area contributed by atoms with Gasteiger partial charge in [-0.3, -0.25) is 9.59 Å².